The lowest BCUT2D eigenvalue weighted by Crippen LogP contribution is -1.94. The number of hydrogen-bond acceptors (Lipinski definition) is 4. The Bertz CT molecular complexity index is 5480. The summed E-state index contributed by atoms with van der Waals surface area (Å²) in [5.74, 6) is 0. The minimum absolute atomic E-state index is 0.971. The van der Waals surface area contributed by atoms with Crippen LogP contribution in [0, 0.1) is 0 Å². The number of pyridine rings is 4. The molecule has 4 heteroatoms. The Morgan fingerprint density at radius 3 is 0.924 bits per heavy atom. The first-order chi connectivity index (χ1) is 45.6. The summed E-state index contributed by atoms with van der Waals surface area (Å²) in [7, 11) is 0. The van der Waals surface area contributed by atoms with Gasteiger partial charge in [0.05, 0.1) is 22.4 Å². The standard InChI is InChI=1S/2C44H28N2/c1-3-15-34-30(10-1)12-7-19-36(34)41-26-42-40(32-23-21-29(22-24-32)33-14-9-25-45-28-33)27-43(46-44(42)39-18-6-5-17-37(39)41)38-20-8-13-31-11-2-4-16-35(31)38;1-3-13-34-31(9-1)11-7-17-36(34)41-27-42-40(33-21-19-29(20-22-33)30-23-25-45-26-24-30)28-43(46-44(42)39-16-6-5-15-37(39)41)38-18-8-12-32-10-2-4-14-35(32)38/h2*1-28H. The van der Waals surface area contributed by atoms with Gasteiger partial charge in [-0.1, -0.05) is 273 Å². The van der Waals surface area contributed by atoms with Gasteiger partial charge >= 0.3 is 0 Å². The summed E-state index contributed by atoms with van der Waals surface area (Å²) in [5, 5.41) is 16.8. The normalized spacial score (nSPS) is 11.5. The summed E-state index contributed by atoms with van der Waals surface area (Å²) in [4.78, 5) is 19.5. The number of rotatable bonds is 8. The summed E-state index contributed by atoms with van der Waals surface area (Å²) in [6, 6.07) is 113. The van der Waals surface area contributed by atoms with Crippen molar-refractivity contribution in [2.45, 2.75) is 0 Å². The fourth-order valence-electron chi connectivity index (χ4n) is 13.9. The second-order valence-electron chi connectivity index (χ2n) is 23.6. The molecule has 0 saturated heterocycles. The number of benzene rings is 14. The Morgan fingerprint density at radius 1 is 0.174 bits per heavy atom. The van der Waals surface area contributed by atoms with E-state index in [9.17, 15) is 0 Å². The molecule has 0 spiro atoms. The van der Waals surface area contributed by atoms with Crippen molar-refractivity contribution in [3.05, 3.63) is 340 Å². The van der Waals surface area contributed by atoms with Gasteiger partial charge in [-0.05, 0) is 163 Å². The van der Waals surface area contributed by atoms with Crippen LogP contribution in [0.4, 0.5) is 0 Å². The largest absolute Gasteiger partial charge is 0.265 e. The zero-order chi connectivity index (χ0) is 60.9. The minimum Gasteiger partial charge on any atom is -0.265 e. The molecule has 0 fully saturated rings. The molecule has 14 aromatic carbocycles. The van der Waals surface area contributed by atoms with Crippen LogP contribution in [-0.4, -0.2) is 19.9 Å². The summed E-state index contributed by atoms with van der Waals surface area (Å²) in [6.07, 6.45) is 7.41. The van der Waals surface area contributed by atoms with E-state index >= 15 is 0 Å². The van der Waals surface area contributed by atoms with E-state index in [0.29, 0.717) is 0 Å². The van der Waals surface area contributed by atoms with E-state index in [0.717, 1.165) is 88.5 Å². The number of fused-ring (bicyclic) bond motifs is 10. The van der Waals surface area contributed by atoms with Gasteiger partial charge in [0.25, 0.3) is 0 Å². The number of nitrogens with zero attached hydrogens (tertiary/aromatic N) is 4. The average molecular weight is 1170 g/mol. The number of hydrogen-bond donors (Lipinski definition) is 0. The molecular formula is C88H56N4. The van der Waals surface area contributed by atoms with Crippen molar-refractivity contribution in [1.29, 1.82) is 0 Å². The van der Waals surface area contributed by atoms with Gasteiger partial charge in [0, 0.05) is 57.5 Å². The summed E-state index contributed by atoms with van der Waals surface area (Å²) in [5.41, 5.74) is 20.3. The van der Waals surface area contributed by atoms with E-state index in [1.54, 1.807) is 0 Å². The molecule has 18 aromatic rings. The molecule has 0 aliphatic rings. The molecule has 4 nitrogen and oxygen atoms in total. The average Bonchev–Trinajstić information content (AvgIpc) is 0.781. The maximum Gasteiger partial charge on any atom is 0.0794 e. The van der Waals surface area contributed by atoms with Crippen molar-refractivity contribution in [3.63, 3.8) is 0 Å². The van der Waals surface area contributed by atoms with Crippen LogP contribution in [0.5, 0.6) is 0 Å². The van der Waals surface area contributed by atoms with Crippen molar-refractivity contribution in [3.8, 4) is 89.3 Å². The molecule has 4 heterocycles. The van der Waals surface area contributed by atoms with E-state index in [1.165, 1.54) is 87.2 Å². The highest BCUT2D eigenvalue weighted by Crippen LogP contribution is 2.46. The third-order valence-electron chi connectivity index (χ3n) is 18.3. The molecule has 18 rings (SSSR count). The SMILES string of the molecule is c1ccc2c(-c3cc(-c4ccc(-c5ccncc5)cc4)c4cc(-c5cccc6ccccc56)c5ccccc5c4n3)cccc2c1.c1cncc(-c2ccc(-c3cc(-c4cccc5ccccc45)nc4c3cc(-c3cccc5ccccc35)c3ccccc34)cc2)c1. The second-order valence-corrected chi connectivity index (χ2v) is 23.6. The second kappa shape index (κ2) is 23.0. The Hall–Kier alpha value is -12.2. The van der Waals surface area contributed by atoms with Crippen LogP contribution in [0.1, 0.15) is 0 Å². The molecule has 0 amide bonds. The summed E-state index contributed by atoms with van der Waals surface area (Å²) in [6.45, 7) is 0. The lowest BCUT2D eigenvalue weighted by atomic mass is 9.89. The van der Waals surface area contributed by atoms with Gasteiger partial charge in [0.2, 0.25) is 0 Å². The van der Waals surface area contributed by atoms with Crippen molar-refractivity contribution in [1.82, 2.24) is 19.9 Å². The molecule has 92 heavy (non-hydrogen) atoms. The van der Waals surface area contributed by atoms with Gasteiger partial charge in [0.15, 0.2) is 0 Å². The minimum atomic E-state index is 0.971. The van der Waals surface area contributed by atoms with Gasteiger partial charge in [-0.15, -0.1) is 0 Å². The monoisotopic (exact) mass is 1170 g/mol. The first-order valence-corrected chi connectivity index (χ1v) is 31.3. The molecule has 0 aliphatic heterocycles. The predicted molar refractivity (Wildman–Crippen MR) is 388 cm³/mol. The van der Waals surface area contributed by atoms with E-state index < -0.39 is 0 Å². The van der Waals surface area contributed by atoms with Crippen LogP contribution in [0.25, 0.3) is 176 Å². The molecule has 0 saturated carbocycles. The van der Waals surface area contributed by atoms with Crippen LogP contribution < -0.4 is 0 Å². The molecule has 4 aromatic heterocycles. The highest BCUT2D eigenvalue weighted by Gasteiger charge is 2.21. The maximum atomic E-state index is 5.47. The quantitative estimate of drug-likeness (QED) is 0.142. The van der Waals surface area contributed by atoms with Crippen molar-refractivity contribution >= 4 is 86.4 Å². The van der Waals surface area contributed by atoms with Gasteiger partial charge in [0.1, 0.15) is 0 Å². The topological polar surface area (TPSA) is 51.6 Å². The Labute approximate surface area is 532 Å². The van der Waals surface area contributed by atoms with Crippen LogP contribution in [0.2, 0.25) is 0 Å². The van der Waals surface area contributed by atoms with E-state index in [1.807, 2.05) is 30.9 Å². The highest BCUT2D eigenvalue weighted by molar-refractivity contribution is 6.20. The zero-order valence-corrected chi connectivity index (χ0v) is 50.1. The van der Waals surface area contributed by atoms with Gasteiger partial charge < -0.3 is 0 Å². The predicted octanol–water partition coefficient (Wildman–Crippen LogP) is 23.5. The van der Waals surface area contributed by atoms with E-state index in [4.69, 9.17) is 9.97 Å². The molecule has 0 aliphatic carbocycles. The van der Waals surface area contributed by atoms with Crippen LogP contribution >= 0.6 is 0 Å². The highest BCUT2D eigenvalue weighted by atomic mass is 14.7. The van der Waals surface area contributed by atoms with Gasteiger partial charge in [-0.3, -0.25) is 9.97 Å². The van der Waals surface area contributed by atoms with Crippen LogP contribution in [0.15, 0.2) is 340 Å². The molecule has 0 unspecified atom stereocenters. The summed E-state index contributed by atoms with van der Waals surface area (Å²) < 4.78 is 0. The molecule has 0 atom stereocenters. The fraction of sp³-hybridized carbons (Fsp3) is 0. The third kappa shape index (κ3) is 9.66. The smallest absolute Gasteiger partial charge is 0.0794 e. The van der Waals surface area contributed by atoms with Crippen LogP contribution in [-0.2, 0) is 0 Å². The number of aromatic nitrogens is 4. The Kier molecular flexibility index (Phi) is 13.5. The summed E-state index contributed by atoms with van der Waals surface area (Å²) >= 11 is 0. The van der Waals surface area contributed by atoms with E-state index in [2.05, 4.69) is 319 Å². The van der Waals surface area contributed by atoms with E-state index in [-0.39, 0.29) is 0 Å². The Balaban J connectivity index is 0.000000141. The van der Waals surface area contributed by atoms with Crippen molar-refractivity contribution < 1.29 is 0 Å². The Morgan fingerprint density at radius 2 is 0.511 bits per heavy atom. The molecule has 0 radical (unpaired) electrons. The lowest BCUT2D eigenvalue weighted by molar-refractivity contribution is 1.33. The maximum absolute atomic E-state index is 5.47. The third-order valence-corrected chi connectivity index (χ3v) is 18.3. The lowest BCUT2D eigenvalue weighted by Gasteiger charge is -2.17. The van der Waals surface area contributed by atoms with Crippen LogP contribution in [0.3, 0.4) is 0 Å². The fourth-order valence-corrected chi connectivity index (χ4v) is 13.9. The van der Waals surface area contributed by atoms with Gasteiger partial charge in [-0.2, -0.15) is 0 Å². The first kappa shape index (κ1) is 54.0. The zero-order valence-electron chi connectivity index (χ0n) is 50.1. The molecule has 428 valence electrons. The van der Waals surface area contributed by atoms with Gasteiger partial charge in [-0.25, -0.2) is 9.97 Å². The molecular weight excluding hydrogens is 1110 g/mol. The van der Waals surface area contributed by atoms with Crippen molar-refractivity contribution in [2.24, 2.45) is 0 Å². The first-order valence-electron chi connectivity index (χ1n) is 31.3. The molecule has 0 N–H and O–H groups in total. The molecule has 0 bridgehead atoms. The van der Waals surface area contributed by atoms with Crippen molar-refractivity contribution in [2.75, 3.05) is 0 Å².